The summed E-state index contributed by atoms with van der Waals surface area (Å²) in [4.78, 5) is 7.85. The summed E-state index contributed by atoms with van der Waals surface area (Å²) in [7, 11) is 0. The molecule has 1 aliphatic heterocycles. The summed E-state index contributed by atoms with van der Waals surface area (Å²) in [5.74, 6) is 0.621. The fourth-order valence-electron chi connectivity index (χ4n) is 4.90. The number of fused-ring (bicyclic) bond motifs is 1. The van der Waals surface area contributed by atoms with Gasteiger partial charge in [0.2, 0.25) is 11.9 Å². The van der Waals surface area contributed by atoms with Crippen molar-refractivity contribution in [2.45, 2.75) is 44.3 Å². The van der Waals surface area contributed by atoms with Crippen molar-refractivity contribution in [3.63, 3.8) is 0 Å². The van der Waals surface area contributed by atoms with Gasteiger partial charge in [-0.25, -0.2) is 0 Å². The molecule has 1 fully saturated rings. The highest BCUT2D eigenvalue weighted by Crippen LogP contribution is 2.38. The van der Waals surface area contributed by atoms with Crippen molar-refractivity contribution in [3.05, 3.63) is 106 Å². The smallest absolute Gasteiger partial charge is 0.221 e. The molecule has 1 aliphatic carbocycles. The van der Waals surface area contributed by atoms with Crippen LogP contribution in [0.25, 0.3) is 10.9 Å². The number of hydrogen-bond acceptors (Lipinski definition) is 7. The molecule has 4 N–H and O–H groups in total. The largest absolute Gasteiger partial charge is 0.377 e. The van der Waals surface area contributed by atoms with Crippen LogP contribution in [0.15, 0.2) is 72.7 Å². The summed E-state index contributed by atoms with van der Waals surface area (Å²) in [5, 5.41) is 9.48. The van der Waals surface area contributed by atoms with Gasteiger partial charge in [0.25, 0.3) is 0 Å². The average molecular weight is 573 g/mol. The van der Waals surface area contributed by atoms with Crippen molar-refractivity contribution in [2.75, 3.05) is 10.6 Å². The Hall–Kier alpha value is -4.39. The second kappa shape index (κ2) is 11.2. The molecule has 7 nitrogen and oxygen atoms in total. The molecule has 10 heteroatoms. The molecule has 0 unspecified atom stereocenters. The Morgan fingerprint density at radius 1 is 1.20 bits per heavy atom. The van der Waals surface area contributed by atoms with Crippen LogP contribution in [-0.2, 0) is 0 Å². The number of pyridine rings is 2. The Bertz CT molecular complexity index is 1720. The minimum absolute atomic E-state index is 0.0544. The van der Waals surface area contributed by atoms with Gasteiger partial charge in [-0.05, 0) is 49.1 Å². The molecule has 0 spiro atoms. The molecular weight excluding hydrogens is 544 g/mol. The number of halogens is 3. The summed E-state index contributed by atoms with van der Waals surface area (Å²) >= 11 is 6.75. The average Bonchev–Trinajstić information content (AvgIpc) is 3.71. The Labute approximate surface area is 243 Å². The number of benzene rings is 2. The number of hydrogen-bond donors (Lipinski definition) is 4. The topological polar surface area (TPSA) is 77.1 Å². The number of nitrogens with zero attached hydrogens (tertiary/aromatic N) is 3. The maximum Gasteiger partial charge on any atom is 0.221 e. The minimum atomic E-state index is -1.95. The lowest BCUT2D eigenvalue weighted by Gasteiger charge is -2.24. The zero-order valence-corrected chi connectivity index (χ0v) is 22.9. The van der Waals surface area contributed by atoms with E-state index >= 15 is 4.39 Å². The van der Waals surface area contributed by atoms with Crippen molar-refractivity contribution in [3.8, 4) is 12.3 Å². The van der Waals surface area contributed by atoms with Crippen molar-refractivity contribution >= 4 is 33.9 Å². The van der Waals surface area contributed by atoms with Crippen LogP contribution in [0.1, 0.15) is 56.3 Å². The van der Waals surface area contributed by atoms with Gasteiger partial charge in [0.1, 0.15) is 0 Å². The first kappa shape index (κ1) is 25.6. The van der Waals surface area contributed by atoms with E-state index in [2.05, 4.69) is 44.4 Å². The van der Waals surface area contributed by atoms with Crippen LogP contribution < -0.4 is 21.6 Å². The van der Waals surface area contributed by atoms with Gasteiger partial charge in [0.05, 0.1) is 40.9 Å². The first-order valence-electron chi connectivity index (χ1n) is 13.8. The number of anilines is 2. The van der Waals surface area contributed by atoms with E-state index in [1.807, 2.05) is 35.3 Å². The van der Waals surface area contributed by atoms with E-state index in [1.165, 1.54) is 6.07 Å². The van der Waals surface area contributed by atoms with Crippen LogP contribution in [0.4, 0.5) is 20.2 Å². The minimum Gasteiger partial charge on any atom is -0.377 e. The SMILES string of the molecule is [2H][C@](Nc1cc(Cl)c2ncc(C#C)c(N[C@H](CC)c3ccccc3)c2c1)(C1=CN(C2CC2)NN1)c1ccc(F)nc1F. The number of terminal acetylenes is 1. The molecule has 0 amide bonds. The van der Waals surface area contributed by atoms with Crippen LogP contribution >= 0.6 is 11.6 Å². The summed E-state index contributed by atoms with van der Waals surface area (Å²) in [6.07, 6.45) is 12.0. The van der Waals surface area contributed by atoms with Crippen LogP contribution in [0, 0.1) is 24.2 Å². The number of rotatable bonds is 9. The molecule has 2 aliphatic rings. The predicted molar refractivity (Wildman–Crippen MR) is 158 cm³/mol. The monoisotopic (exact) mass is 572 g/mol. The van der Waals surface area contributed by atoms with E-state index in [0.717, 1.165) is 30.9 Å². The number of hydrazine groups is 2. The molecule has 41 heavy (non-hydrogen) atoms. The van der Waals surface area contributed by atoms with Gasteiger partial charge < -0.3 is 16.1 Å². The van der Waals surface area contributed by atoms with E-state index in [4.69, 9.17) is 18.0 Å². The molecule has 2 aromatic carbocycles. The van der Waals surface area contributed by atoms with Crippen molar-refractivity contribution in [1.29, 1.82) is 0 Å². The molecule has 0 saturated heterocycles. The third-order valence-electron chi connectivity index (χ3n) is 7.16. The summed E-state index contributed by atoms with van der Waals surface area (Å²) in [5.41, 5.74) is 9.30. The molecule has 0 bridgehead atoms. The first-order chi connectivity index (χ1) is 20.3. The Morgan fingerprint density at radius 3 is 2.71 bits per heavy atom. The molecule has 4 aromatic rings. The van der Waals surface area contributed by atoms with E-state index in [9.17, 15) is 5.76 Å². The van der Waals surface area contributed by atoms with Crippen molar-refractivity contribution in [2.24, 2.45) is 0 Å². The zero-order valence-electron chi connectivity index (χ0n) is 23.2. The molecule has 2 aromatic heterocycles. The van der Waals surface area contributed by atoms with E-state index in [1.54, 1.807) is 24.5 Å². The standard InChI is InChI=1S/C31H28ClF2N7/c1-3-18-16-35-29-23(28(18)37-25(4-2)19-8-6-5-7-9-19)14-20(15-24(29)32)36-30(22-12-13-27(33)38-31(22)34)26-17-41(40-39-26)21-10-11-21/h1,5-9,12-17,21,25,30,36,39-40H,4,10-11H2,2H3,(H,35,37)/t25-,30-/m1/s1/i30D. The van der Waals surface area contributed by atoms with Gasteiger partial charge in [-0.15, -0.1) is 12.0 Å². The number of nitrogens with one attached hydrogen (secondary N) is 4. The summed E-state index contributed by atoms with van der Waals surface area (Å²) in [6, 6.07) is 13.9. The normalized spacial score (nSPS) is 17.2. The molecule has 3 heterocycles. The van der Waals surface area contributed by atoms with Gasteiger partial charge in [-0.3, -0.25) is 9.99 Å². The maximum absolute atomic E-state index is 15.1. The Balaban J connectivity index is 1.46. The fourth-order valence-corrected chi connectivity index (χ4v) is 5.17. The van der Waals surface area contributed by atoms with Gasteiger partial charge in [0.15, 0.2) is 0 Å². The van der Waals surface area contributed by atoms with Gasteiger partial charge >= 0.3 is 0 Å². The Kier molecular flexibility index (Phi) is 7.01. The van der Waals surface area contributed by atoms with Crippen LogP contribution in [0.2, 0.25) is 5.02 Å². The third-order valence-corrected chi connectivity index (χ3v) is 7.45. The highest BCUT2D eigenvalue weighted by atomic mass is 35.5. The lowest BCUT2D eigenvalue weighted by Crippen LogP contribution is -2.38. The van der Waals surface area contributed by atoms with Crippen LogP contribution in [0.5, 0.6) is 0 Å². The van der Waals surface area contributed by atoms with E-state index in [0.29, 0.717) is 38.6 Å². The maximum atomic E-state index is 15.1. The lowest BCUT2D eigenvalue weighted by molar-refractivity contribution is 0.260. The molecule has 208 valence electrons. The summed E-state index contributed by atoms with van der Waals surface area (Å²) < 4.78 is 38.4. The number of aromatic nitrogens is 2. The third kappa shape index (κ3) is 5.49. The predicted octanol–water partition coefficient (Wildman–Crippen LogP) is 6.59. The quantitative estimate of drug-likeness (QED) is 0.133. The van der Waals surface area contributed by atoms with Crippen molar-refractivity contribution in [1.82, 2.24) is 25.9 Å². The van der Waals surface area contributed by atoms with Crippen molar-refractivity contribution < 1.29 is 10.2 Å². The Morgan fingerprint density at radius 2 is 2.00 bits per heavy atom. The fraction of sp³-hybridized carbons (Fsp3) is 0.226. The summed E-state index contributed by atoms with van der Waals surface area (Å²) in [6.45, 7) is 2.07. The van der Waals surface area contributed by atoms with E-state index in [-0.39, 0.29) is 17.6 Å². The molecule has 1 saturated carbocycles. The zero-order chi connectivity index (χ0) is 29.4. The second-order valence-electron chi connectivity index (χ2n) is 9.95. The van der Waals surface area contributed by atoms with Crippen LogP contribution in [0.3, 0.4) is 0 Å². The highest BCUT2D eigenvalue weighted by molar-refractivity contribution is 6.35. The van der Waals surface area contributed by atoms with Gasteiger partial charge in [-0.2, -0.15) is 13.8 Å². The van der Waals surface area contributed by atoms with Crippen LogP contribution in [-0.4, -0.2) is 21.0 Å². The molecule has 2 atom stereocenters. The molecule has 6 rings (SSSR count). The molecule has 0 radical (unpaired) electrons. The molecular formula is C31H28ClF2N7. The highest BCUT2D eigenvalue weighted by Gasteiger charge is 2.33. The lowest BCUT2D eigenvalue weighted by atomic mass is 10.0. The van der Waals surface area contributed by atoms with E-state index < -0.39 is 17.9 Å². The van der Waals surface area contributed by atoms with Gasteiger partial charge in [-0.1, -0.05) is 54.8 Å². The second-order valence-corrected chi connectivity index (χ2v) is 10.4. The first-order valence-corrected chi connectivity index (χ1v) is 13.7. The van der Waals surface area contributed by atoms with Gasteiger partial charge in [0, 0.05) is 35.1 Å².